The molecule has 0 aliphatic carbocycles. The van der Waals surface area contributed by atoms with E-state index in [9.17, 15) is 9.50 Å². The van der Waals surface area contributed by atoms with Crippen molar-refractivity contribution in [2.75, 3.05) is 20.2 Å². The Bertz CT molecular complexity index is 717. The second kappa shape index (κ2) is 7.22. The van der Waals surface area contributed by atoms with Crippen molar-refractivity contribution in [1.82, 2.24) is 4.90 Å². The summed E-state index contributed by atoms with van der Waals surface area (Å²) in [5, 5.41) is 9.88. The van der Waals surface area contributed by atoms with Gasteiger partial charge in [-0.15, -0.1) is 0 Å². The summed E-state index contributed by atoms with van der Waals surface area (Å²) in [6.45, 7) is 4.64. The lowest BCUT2D eigenvalue weighted by atomic mass is 9.98. The average Bonchev–Trinajstić information content (AvgIpc) is 2.98. The number of phenolic OH excluding ortho intramolecular Hbond substituents is 1. The van der Waals surface area contributed by atoms with Crippen LogP contribution in [0.3, 0.4) is 0 Å². The summed E-state index contributed by atoms with van der Waals surface area (Å²) in [6, 6.07) is 11.1. The van der Waals surface area contributed by atoms with E-state index in [0.717, 1.165) is 43.6 Å². The third-order valence-electron chi connectivity index (χ3n) is 4.78. The van der Waals surface area contributed by atoms with Crippen LogP contribution in [0.15, 0.2) is 36.4 Å². The predicted octanol–water partition coefficient (Wildman–Crippen LogP) is 3.91. The van der Waals surface area contributed by atoms with Gasteiger partial charge in [-0.25, -0.2) is 4.39 Å². The predicted molar refractivity (Wildman–Crippen MR) is 92.9 cm³/mol. The number of hydrogen-bond donors (Lipinski definition) is 1. The lowest BCUT2D eigenvalue weighted by Crippen LogP contribution is -2.20. The molecular weight excluding hydrogens is 305 g/mol. The minimum absolute atomic E-state index is 0.115. The number of likely N-dealkylation sites (tertiary alicyclic amines) is 1. The van der Waals surface area contributed by atoms with E-state index in [1.807, 2.05) is 18.2 Å². The molecule has 1 aliphatic heterocycles. The van der Waals surface area contributed by atoms with Crippen LogP contribution in [0.5, 0.6) is 11.5 Å². The number of aryl methyl sites for hydroxylation is 1. The molecular formula is C20H24FNO2. The van der Waals surface area contributed by atoms with E-state index in [-0.39, 0.29) is 11.6 Å². The maximum atomic E-state index is 13.7. The topological polar surface area (TPSA) is 32.7 Å². The van der Waals surface area contributed by atoms with Crippen LogP contribution in [0, 0.1) is 18.7 Å². The van der Waals surface area contributed by atoms with Crippen LogP contribution in [0.1, 0.15) is 23.1 Å². The highest BCUT2D eigenvalue weighted by Crippen LogP contribution is 2.28. The van der Waals surface area contributed by atoms with Crippen LogP contribution in [-0.4, -0.2) is 30.2 Å². The van der Waals surface area contributed by atoms with E-state index in [0.29, 0.717) is 17.2 Å². The number of phenols is 1. The van der Waals surface area contributed by atoms with Crippen LogP contribution in [0.25, 0.3) is 0 Å². The fourth-order valence-corrected chi connectivity index (χ4v) is 3.41. The number of methoxy groups -OCH3 is 1. The Labute approximate surface area is 142 Å². The molecule has 0 aromatic heterocycles. The third-order valence-corrected chi connectivity index (χ3v) is 4.78. The van der Waals surface area contributed by atoms with Gasteiger partial charge in [-0.3, -0.25) is 4.90 Å². The van der Waals surface area contributed by atoms with E-state index in [1.165, 1.54) is 0 Å². The zero-order valence-corrected chi connectivity index (χ0v) is 14.3. The molecule has 3 rings (SSSR count). The summed E-state index contributed by atoms with van der Waals surface area (Å²) in [6.07, 6.45) is 2.04. The van der Waals surface area contributed by atoms with Gasteiger partial charge in [-0.2, -0.15) is 0 Å². The van der Waals surface area contributed by atoms with Gasteiger partial charge in [-0.1, -0.05) is 18.2 Å². The molecule has 2 aromatic carbocycles. The number of halogens is 1. The first kappa shape index (κ1) is 16.8. The summed E-state index contributed by atoms with van der Waals surface area (Å²) in [7, 11) is 1.55. The molecule has 1 saturated heterocycles. The monoisotopic (exact) mass is 329 g/mol. The molecule has 1 atom stereocenters. The maximum absolute atomic E-state index is 13.7. The van der Waals surface area contributed by atoms with Gasteiger partial charge in [0, 0.05) is 13.1 Å². The average molecular weight is 329 g/mol. The number of ether oxygens (including phenoxy) is 1. The first-order valence-corrected chi connectivity index (χ1v) is 8.38. The Morgan fingerprint density at radius 1 is 1.21 bits per heavy atom. The fraction of sp³-hybridized carbons (Fsp3) is 0.400. The van der Waals surface area contributed by atoms with Crippen molar-refractivity contribution in [2.24, 2.45) is 5.92 Å². The number of rotatable bonds is 5. The van der Waals surface area contributed by atoms with Gasteiger partial charge < -0.3 is 9.84 Å². The van der Waals surface area contributed by atoms with Crippen molar-refractivity contribution < 1.29 is 14.2 Å². The zero-order valence-electron chi connectivity index (χ0n) is 14.3. The van der Waals surface area contributed by atoms with E-state index in [2.05, 4.69) is 4.90 Å². The minimum Gasteiger partial charge on any atom is -0.504 e. The second-order valence-electron chi connectivity index (χ2n) is 6.68. The molecule has 1 heterocycles. The Morgan fingerprint density at radius 2 is 2.00 bits per heavy atom. The van der Waals surface area contributed by atoms with Gasteiger partial charge in [0.1, 0.15) is 5.82 Å². The SMILES string of the molecule is COc1ccc(CN2CCC(Cc3ccc(C)c(F)c3)C2)cc1O. The van der Waals surface area contributed by atoms with E-state index >= 15 is 0 Å². The molecule has 1 fully saturated rings. The first-order valence-electron chi connectivity index (χ1n) is 8.38. The van der Waals surface area contributed by atoms with Gasteiger partial charge in [0.15, 0.2) is 11.5 Å². The molecule has 4 heteroatoms. The molecule has 0 amide bonds. The number of benzene rings is 2. The maximum Gasteiger partial charge on any atom is 0.160 e. The van der Waals surface area contributed by atoms with Crippen LogP contribution < -0.4 is 4.74 Å². The van der Waals surface area contributed by atoms with Crippen LogP contribution in [-0.2, 0) is 13.0 Å². The van der Waals surface area contributed by atoms with E-state index < -0.39 is 0 Å². The Morgan fingerprint density at radius 3 is 2.71 bits per heavy atom. The van der Waals surface area contributed by atoms with Gasteiger partial charge in [0.05, 0.1) is 7.11 Å². The summed E-state index contributed by atoms with van der Waals surface area (Å²) in [4.78, 5) is 2.39. The van der Waals surface area contributed by atoms with Crippen molar-refractivity contribution in [3.8, 4) is 11.5 Å². The summed E-state index contributed by atoms with van der Waals surface area (Å²) in [5.74, 6) is 1.12. The molecule has 1 aliphatic rings. The number of hydrogen-bond acceptors (Lipinski definition) is 3. The molecule has 0 radical (unpaired) electrons. The van der Waals surface area contributed by atoms with Crippen molar-refractivity contribution in [2.45, 2.75) is 26.3 Å². The Hall–Kier alpha value is -2.07. The molecule has 2 aromatic rings. The first-order chi connectivity index (χ1) is 11.5. The quantitative estimate of drug-likeness (QED) is 0.903. The molecule has 1 unspecified atom stereocenters. The molecule has 1 N–H and O–H groups in total. The van der Waals surface area contributed by atoms with E-state index in [1.54, 1.807) is 32.2 Å². The number of nitrogens with zero attached hydrogens (tertiary/aromatic N) is 1. The van der Waals surface area contributed by atoms with Crippen LogP contribution >= 0.6 is 0 Å². The molecule has 128 valence electrons. The lowest BCUT2D eigenvalue weighted by molar-refractivity contribution is 0.315. The standard InChI is InChI=1S/C20H24FNO2/c1-14-3-4-15(10-18(14)21)9-17-7-8-22(13-17)12-16-5-6-20(24-2)19(23)11-16/h3-6,10-11,17,23H,7-9,12-13H2,1-2H3. The summed E-state index contributed by atoms with van der Waals surface area (Å²) >= 11 is 0. The molecule has 0 spiro atoms. The van der Waals surface area contributed by atoms with Crippen molar-refractivity contribution in [1.29, 1.82) is 0 Å². The second-order valence-corrected chi connectivity index (χ2v) is 6.68. The molecule has 24 heavy (non-hydrogen) atoms. The highest BCUT2D eigenvalue weighted by atomic mass is 19.1. The number of aromatic hydroxyl groups is 1. The lowest BCUT2D eigenvalue weighted by Gasteiger charge is -2.17. The minimum atomic E-state index is -0.115. The third kappa shape index (κ3) is 3.88. The summed E-state index contributed by atoms with van der Waals surface area (Å²) < 4.78 is 18.7. The van der Waals surface area contributed by atoms with Crippen molar-refractivity contribution >= 4 is 0 Å². The highest BCUT2D eigenvalue weighted by Gasteiger charge is 2.23. The molecule has 0 saturated carbocycles. The smallest absolute Gasteiger partial charge is 0.160 e. The fourth-order valence-electron chi connectivity index (χ4n) is 3.41. The van der Waals surface area contributed by atoms with Crippen LogP contribution in [0.4, 0.5) is 4.39 Å². The van der Waals surface area contributed by atoms with Crippen molar-refractivity contribution in [3.63, 3.8) is 0 Å². The largest absolute Gasteiger partial charge is 0.504 e. The van der Waals surface area contributed by atoms with Gasteiger partial charge in [-0.05, 0) is 67.1 Å². The zero-order chi connectivity index (χ0) is 17.1. The van der Waals surface area contributed by atoms with Crippen LogP contribution in [0.2, 0.25) is 0 Å². The normalized spacial score (nSPS) is 18.0. The Balaban J connectivity index is 1.57. The summed E-state index contributed by atoms with van der Waals surface area (Å²) in [5.41, 5.74) is 2.86. The molecule has 0 bridgehead atoms. The highest BCUT2D eigenvalue weighted by molar-refractivity contribution is 5.41. The van der Waals surface area contributed by atoms with Gasteiger partial charge in [0.2, 0.25) is 0 Å². The van der Waals surface area contributed by atoms with Gasteiger partial charge in [0.25, 0.3) is 0 Å². The molecule has 3 nitrogen and oxygen atoms in total. The Kier molecular flexibility index (Phi) is 5.05. The van der Waals surface area contributed by atoms with Crippen molar-refractivity contribution in [3.05, 3.63) is 58.9 Å². The van der Waals surface area contributed by atoms with Gasteiger partial charge >= 0.3 is 0 Å². The van der Waals surface area contributed by atoms with E-state index in [4.69, 9.17) is 4.74 Å².